The van der Waals surface area contributed by atoms with Crippen LogP contribution in [0.25, 0.3) is 0 Å². The van der Waals surface area contributed by atoms with Gasteiger partial charge in [0.2, 0.25) is 0 Å². The number of nitrogens with zero attached hydrogens (tertiary/aromatic N) is 2. The molecule has 1 aliphatic rings. The second-order valence-electron chi connectivity index (χ2n) is 4.11. The molecule has 7 heteroatoms. The zero-order valence-corrected chi connectivity index (χ0v) is 10.8. The Morgan fingerprint density at radius 2 is 2.24 bits per heavy atom. The number of piperidine rings is 1. The molecule has 94 valence electrons. The van der Waals surface area contributed by atoms with E-state index in [1.807, 2.05) is 0 Å². The molecule has 5 nitrogen and oxygen atoms in total. The smallest absolute Gasteiger partial charge is 0.197 e. The third-order valence-corrected chi connectivity index (χ3v) is 4.67. The van der Waals surface area contributed by atoms with Crippen molar-refractivity contribution in [1.82, 2.24) is 15.3 Å². The van der Waals surface area contributed by atoms with Crippen LogP contribution in [-0.4, -0.2) is 36.7 Å². The first-order valence-corrected chi connectivity index (χ1v) is 7.55. The molecule has 1 aliphatic heterocycles. The van der Waals surface area contributed by atoms with E-state index in [1.54, 1.807) is 0 Å². The van der Waals surface area contributed by atoms with Gasteiger partial charge in [0.15, 0.2) is 14.9 Å². The number of halogens is 1. The lowest BCUT2D eigenvalue weighted by Crippen LogP contribution is -2.39. The molecule has 0 radical (unpaired) electrons. The summed E-state index contributed by atoms with van der Waals surface area (Å²) in [5.74, 6) is 0.0698. The van der Waals surface area contributed by atoms with Crippen LogP contribution in [0.5, 0.6) is 0 Å². The van der Waals surface area contributed by atoms with Gasteiger partial charge in [-0.05, 0) is 19.4 Å². The molecule has 0 aliphatic carbocycles. The van der Waals surface area contributed by atoms with Gasteiger partial charge in [-0.25, -0.2) is 18.4 Å². The fourth-order valence-corrected chi connectivity index (χ4v) is 3.60. The quantitative estimate of drug-likeness (QED) is 0.835. The summed E-state index contributed by atoms with van der Waals surface area (Å²) in [6.07, 6.45) is 4.23. The number of nitrogens with one attached hydrogen (secondary N) is 1. The molecule has 1 atom stereocenters. The van der Waals surface area contributed by atoms with Crippen molar-refractivity contribution in [2.24, 2.45) is 0 Å². The molecule has 1 fully saturated rings. The minimum atomic E-state index is -3.38. The van der Waals surface area contributed by atoms with E-state index in [2.05, 4.69) is 15.3 Å². The molecule has 0 amide bonds. The van der Waals surface area contributed by atoms with E-state index in [9.17, 15) is 8.42 Å². The van der Waals surface area contributed by atoms with Crippen LogP contribution in [0.1, 0.15) is 19.3 Å². The first-order chi connectivity index (χ1) is 8.08. The summed E-state index contributed by atoms with van der Waals surface area (Å²) < 4.78 is 24.1. The maximum atomic E-state index is 12.1. The molecule has 2 rings (SSSR count). The van der Waals surface area contributed by atoms with Crippen LogP contribution in [0.15, 0.2) is 17.4 Å². The average molecular weight is 276 g/mol. The second kappa shape index (κ2) is 5.29. The molecule has 1 N–H and O–H groups in total. The minimum Gasteiger partial charge on any atom is -0.313 e. The maximum absolute atomic E-state index is 12.1. The third kappa shape index (κ3) is 3.37. The van der Waals surface area contributed by atoms with Gasteiger partial charge in [-0.1, -0.05) is 18.0 Å². The van der Waals surface area contributed by atoms with Crippen molar-refractivity contribution < 1.29 is 8.42 Å². The zero-order valence-electron chi connectivity index (χ0n) is 9.26. The highest BCUT2D eigenvalue weighted by molar-refractivity contribution is 7.91. The standard InChI is InChI=1S/C10H14ClN3O2S/c11-9-5-10(14-7-13-9)17(15,16)6-8-3-1-2-4-12-8/h5,7-8,12H,1-4,6H2. The van der Waals surface area contributed by atoms with Gasteiger partial charge in [0, 0.05) is 12.1 Å². The summed E-state index contributed by atoms with van der Waals surface area (Å²) in [7, 11) is -3.38. The Kier molecular flexibility index (Phi) is 3.96. The SMILES string of the molecule is O=S(=O)(CC1CCCCN1)c1cc(Cl)ncn1. The Morgan fingerprint density at radius 3 is 2.88 bits per heavy atom. The van der Waals surface area contributed by atoms with Crippen LogP contribution >= 0.6 is 11.6 Å². The molecule has 1 aromatic heterocycles. The van der Waals surface area contributed by atoms with Crippen molar-refractivity contribution in [3.63, 3.8) is 0 Å². The van der Waals surface area contributed by atoms with Gasteiger partial charge in [-0.3, -0.25) is 0 Å². The van der Waals surface area contributed by atoms with Crippen molar-refractivity contribution in [3.05, 3.63) is 17.5 Å². The van der Waals surface area contributed by atoms with E-state index in [0.29, 0.717) is 0 Å². The van der Waals surface area contributed by atoms with E-state index in [1.165, 1.54) is 12.4 Å². The van der Waals surface area contributed by atoms with E-state index >= 15 is 0 Å². The fourth-order valence-electron chi connectivity index (χ4n) is 1.90. The normalized spacial score (nSPS) is 21.4. The molecule has 1 saturated heterocycles. The van der Waals surface area contributed by atoms with Crippen molar-refractivity contribution in [2.45, 2.75) is 30.3 Å². The lowest BCUT2D eigenvalue weighted by Gasteiger charge is -2.22. The summed E-state index contributed by atoms with van der Waals surface area (Å²) in [6.45, 7) is 0.880. The summed E-state index contributed by atoms with van der Waals surface area (Å²) in [5.41, 5.74) is 0. The number of sulfone groups is 1. The van der Waals surface area contributed by atoms with Crippen molar-refractivity contribution >= 4 is 21.4 Å². The zero-order chi connectivity index (χ0) is 12.3. The molecule has 1 aromatic rings. The highest BCUT2D eigenvalue weighted by atomic mass is 35.5. The van der Waals surface area contributed by atoms with Crippen molar-refractivity contribution in [1.29, 1.82) is 0 Å². The first-order valence-electron chi connectivity index (χ1n) is 5.51. The fraction of sp³-hybridized carbons (Fsp3) is 0.600. The van der Waals surface area contributed by atoms with E-state index in [4.69, 9.17) is 11.6 Å². The molecule has 0 bridgehead atoms. The lowest BCUT2D eigenvalue weighted by atomic mass is 10.1. The van der Waals surface area contributed by atoms with Gasteiger partial charge in [-0.15, -0.1) is 0 Å². The Labute approximate surface area is 106 Å². The van der Waals surface area contributed by atoms with E-state index < -0.39 is 9.84 Å². The molecule has 0 spiro atoms. The summed E-state index contributed by atoms with van der Waals surface area (Å²) in [5, 5.41) is 3.36. The van der Waals surface area contributed by atoms with Crippen LogP contribution in [-0.2, 0) is 9.84 Å². The molecule has 17 heavy (non-hydrogen) atoms. The minimum absolute atomic E-state index is 0.00451. The van der Waals surface area contributed by atoms with Crippen LogP contribution in [0.3, 0.4) is 0 Å². The van der Waals surface area contributed by atoms with E-state index in [-0.39, 0.29) is 22.0 Å². The number of aromatic nitrogens is 2. The van der Waals surface area contributed by atoms with Gasteiger partial charge in [0.25, 0.3) is 0 Å². The third-order valence-electron chi connectivity index (χ3n) is 2.76. The van der Waals surface area contributed by atoms with Crippen LogP contribution in [0.2, 0.25) is 5.15 Å². The van der Waals surface area contributed by atoms with Crippen LogP contribution in [0, 0.1) is 0 Å². The van der Waals surface area contributed by atoms with E-state index in [0.717, 1.165) is 25.8 Å². The summed E-state index contributed by atoms with van der Waals surface area (Å²) in [6, 6.07) is 1.31. The second-order valence-corrected chi connectivity index (χ2v) is 6.48. The monoisotopic (exact) mass is 275 g/mol. The molecular weight excluding hydrogens is 262 g/mol. The number of hydrogen-bond donors (Lipinski definition) is 1. The number of rotatable bonds is 3. The van der Waals surface area contributed by atoms with Gasteiger partial charge in [0.05, 0.1) is 5.75 Å². The Balaban J connectivity index is 2.13. The highest BCUT2D eigenvalue weighted by Crippen LogP contribution is 2.15. The molecular formula is C10H14ClN3O2S. The number of hydrogen-bond acceptors (Lipinski definition) is 5. The van der Waals surface area contributed by atoms with Crippen LogP contribution in [0.4, 0.5) is 0 Å². The Bertz CT molecular complexity index is 486. The average Bonchev–Trinajstić information content (AvgIpc) is 2.30. The first kappa shape index (κ1) is 12.7. The van der Waals surface area contributed by atoms with Crippen molar-refractivity contribution in [2.75, 3.05) is 12.3 Å². The molecule has 0 aromatic carbocycles. The molecule has 1 unspecified atom stereocenters. The maximum Gasteiger partial charge on any atom is 0.197 e. The highest BCUT2D eigenvalue weighted by Gasteiger charge is 2.23. The Hall–Kier alpha value is -0.720. The van der Waals surface area contributed by atoms with Gasteiger partial charge >= 0.3 is 0 Å². The topological polar surface area (TPSA) is 72.0 Å². The van der Waals surface area contributed by atoms with Gasteiger partial charge in [-0.2, -0.15) is 0 Å². The predicted octanol–water partition coefficient (Wildman–Crippen LogP) is 1.05. The van der Waals surface area contributed by atoms with Crippen LogP contribution < -0.4 is 5.32 Å². The predicted molar refractivity (Wildman–Crippen MR) is 64.7 cm³/mol. The molecule has 2 heterocycles. The van der Waals surface area contributed by atoms with Gasteiger partial charge in [0.1, 0.15) is 11.5 Å². The Morgan fingerprint density at radius 1 is 1.41 bits per heavy atom. The van der Waals surface area contributed by atoms with Crippen molar-refractivity contribution in [3.8, 4) is 0 Å². The largest absolute Gasteiger partial charge is 0.313 e. The van der Waals surface area contributed by atoms with Gasteiger partial charge < -0.3 is 5.32 Å². The summed E-state index contributed by atoms with van der Waals surface area (Å²) in [4.78, 5) is 7.44. The summed E-state index contributed by atoms with van der Waals surface area (Å²) >= 11 is 5.66. The lowest BCUT2D eigenvalue weighted by molar-refractivity contribution is 0.423. The molecule has 0 saturated carbocycles.